The first-order valence-electron chi connectivity index (χ1n) is 5.65. The molecule has 0 atom stereocenters. The summed E-state index contributed by atoms with van der Waals surface area (Å²) in [6, 6.07) is 3.46. The summed E-state index contributed by atoms with van der Waals surface area (Å²) in [5.41, 5.74) is 2.14. The van der Waals surface area contributed by atoms with Crippen LogP contribution in [0.15, 0.2) is 41.9 Å². The number of aromatic hydroxyl groups is 1. The van der Waals surface area contributed by atoms with E-state index < -0.39 is 10.8 Å². The summed E-state index contributed by atoms with van der Waals surface area (Å²) in [6.45, 7) is 0. The summed E-state index contributed by atoms with van der Waals surface area (Å²) >= 11 is 0. The van der Waals surface area contributed by atoms with Crippen molar-refractivity contribution in [3.05, 3.63) is 58.2 Å². The number of nitrogens with zero attached hydrogens (tertiary/aromatic N) is 4. The molecule has 2 N–H and O–H groups in total. The SMILES string of the molecule is O=C(NN=Cc1cc([N+](=O)[O-])ccc1O)c1cnccn1. The summed E-state index contributed by atoms with van der Waals surface area (Å²) < 4.78 is 0. The maximum Gasteiger partial charge on any atom is 0.291 e. The van der Waals surface area contributed by atoms with Gasteiger partial charge in [0.1, 0.15) is 11.4 Å². The Kier molecular flexibility index (Phi) is 4.14. The molecule has 9 nitrogen and oxygen atoms in total. The Labute approximate surface area is 118 Å². The minimum Gasteiger partial charge on any atom is -0.507 e. The van der Waals surface area contributed by atoms with Crippen molar-refractivity contribution in [2.24, 2.45) is 5.10 Å². The number of amides is 1. The quantitative estimate of drug-likeness (QED) is 0.487. The summed E-state index contributed by atoms with van der Waals surface area (Å²) in [4.78, 5) is 29.1. The average molecular weight is 287 g/mol. The maximum absolute atomic E-state index is 11.6. The van der Waals surface area contributed by atoms with Gasteiger partial charge in [0.2, 0.25) is 0 Å². The Balaban J connectivity index is 2.10. The fourth-order valence-corrected chi connectivity index (χ4v) is 1.39. The zero-order valence-corrected chi connectivity index (χ0v) is 10.5. The van der Waals surface area contributed by atoms with Crippen LogP contribution in [-0.4, -0.2) is 32.1 Å². The number of non-ortho nitro benzene ring substituents is 1. The van der Waals surface area contributed by atoms with E-state index in [2.05, 4.69) is 20.5 Å². The third-order valence-electron chi connectivity index (χ3n) is 2.39. The maximum atomic E-state index is 11.6. The molecule has 1 aromatic heterocycles. The molecular formula is C12H9N5O4. The van der Waals surface area contributed by atoms with Crippen LogP contribution in [-0.2, 0) is 0 Å². The predicted octanol–water partition coefficient (Wildman–Crippen LogP) is 0.854. The molecule has 106 valence electrons. The van der Waals surface area contributed by atoms with Crippen molar-refractivity contribution in [2.45, 2.75) is 0 Å². The van der Waals surface area contributed by atoms with E-state index in [1.807, 2.05) is 0 Å². The van der Waals surface area contributed by atoms with Gasteiger partial charge in [-0.1, -0.05) is 0 Å². The van der Waals surface area contributed by atoms with E-state index in [0.29, 0.717) is 0 Å². The summed E-state index contributed by atoms with van der Waals surface area (Å²) in [7, 11) is 0. The lowest BCUT2D eigenvalue weighted by Gasteiger charge is -1.99. The van der Waals surface area contributed by atoms with Gasteiger partial charge in [-0.2, -0.15) is 5.10 Å². The van der Waals surface area contributed by atoms with Crippen molar-refractivity contribution in [2.75, 3.05) is 0 Å². The number of benzene rings is 1. The molecule has 1 heterocycles. The van der Waals surface area contributed by atoms with Gasteiger partial charge in [0.05, 0.1) is 17.3 Å². The Morgan fingerprint density at radius 2 is 2.24 bits per heavy atom. The number of nitrogens with one attached hydrogen (secondary N) is 1. The summed E-state index contributed by atoms with van der Waals surface area (Å²) in [6.07, 6.45) is 5.12. The van der Waals surface area contributed by atoms with E-state index in [-0.39, 0.29) is 22.7 Å². The highest BCUT2D eigenvalue weighted by molar-refractivity contribution is 5.93. The zero-order valence-electron chi connectivity index (χ0n) is 10.5. The monoisotopic (exact) mass is 287 g/mol. The molecule has 2 rings (SSSR count). The van der Waals surface area contributed by atoms with E-state index in [4.69, 9.17) is 0 Å². The molecule has 0 aliphatic carbocycles. The number of nitro groups is 1. The lowest BCUT2D eigenvalue weighted by molar-refractivity contribution is -0.384. The van der Waals surface area contributed by atoms with Gasteiger partial charge < -0.3 is 5.11 Å². The van der Waals surface area contributed by atoms with Crippen molar-refractivity contribution >= 4 is 17.8 Å². The molecule has 0 fully saturated rings. The highest BCUT2D eigenvalue weighted by Gasteiger charge is 2.09. The fourth-order valence-electron chi connectivity index (χ4n) is 1.39. The van der Waals surface area contributed by atoms with E-state index >= 15 is 0 Å². The number of hydrogen-bond acceptors (Lipinski definition) is 7. The molecule has 1 amide bonds. The minimum atomic E-state index is -0.602. The van der Waals surface area contributed by atoms with Crippen molar-refractivity contribution in [1.82, 2.24) is 15.4 Å². The third-order valence-corrected chi connectivity index (χ3v) is 2.39. The number of phenols is 1. The van der Waals surface area contributed by atoms with Crippen LogP contribution in [0.1, 0.15) is 16.1 Å². The van der Waals surface area contributed by atoms with Gasteiger partial charge in [-0.15, -0.1) is 0 Å². The minimum absolute atomic E-state index is 0.0675. The van der Waals surface area contributed by atoms with E-state index in [9.17, 15) is 20.0 Å². The van der Waals surface area contributed by atoms with Gasteiger partial charge in [-0.05, 0) is 6.07 Å². The van der Waals surface area contributed by atoms with Gasteiger partial charge in [0.25, 0.3) is 11.6 Å². The van der Waals surface area contributed by atoms with Crippen LogP contribution in [0.4, 0.5) is 5.69 Å². The Hall–Kier alpha value is -3.36. The van der Waals surface area contributed by atoms with Crippen molar-refractivity contribution in [1.29, 1.82) is 0 Å². The average Bonchev–Trinajstić information content (AvgIpc) is 2.49. The Bertz CT molecular complexity index is 702. The molecule has 0 aliphatic heterocycles. The first kappa shape index (κ1) is 14.1. The molecule has 0 saturated carbocycles. The third kappa shape index (κ3) is 3.56. The first-order valence-corrected chi connectivity index (χ1v) is 5.65. The van der Waals surface area contributed by atoms with E-state index in [1.165, 1.54) is 24.7 Å². The smallest absolute Gasteiger partial charge is 0.291 e. The molecule has 0 aliphatic rings. The first-order chi connectivity index (χ1) is 10.1. The second-order valence-corrected chi connectivity index (χ2v) is 3.79. The molecule has 0 bridgehead atoms. The second-order valence-electron chi connectivity index (χ2n) is 3.79. The second kappa shape index (κ2) is 6.19. The highest BCUT2D eigenvalue weighted by atomic mass is 16.6. The summed E-state index contributed by atoms with van der Waals surface area (Å²) in [5, 5.41) is 23.8. The standard InChI is InChI=1S/C12H9N5O4/c18-11-2-1-9(17(20)21)5-8(11)6-15-16-12(19)10-7-13-3-4-14-10/h1-7,18H,(H,16,19). The molecule has 9 heteroatoms. The number of carbonyl (C=O) groups is 1. The topological polar surface area (TPSA) is 131 Å². The Morgan fingerprint density at radius 1 is 1.43 bits per heavy atom. The van der Waals surface area contributed by atoms with E-state index in [0.717, 1.165) is 18.3 Å². The number of rotatable bonds is 4. The number of hydrazone groups is 1. The normalized spacial score (nSPS) is 10.5. The van der Waals surface area contributed by atoms with Crippen LogP contribution in [0.5, 0.6) is 5.75 Å². The number of phenolic OH excluding ortho intramolecular Hbond substituents is 1. The largest absolute Gasteiger partial charge is 0.507 e. The highest BCUT2D eigenvalue weighted by Crippen LogP contribution is 2.21. The lowest BCUT2D eigenvalue weighted by Crippen LogP contribution is -2.19. The molecule has 0 saturated heterocycles. The van der Waals surface area contributed by atoms with Gasteiger partial charge in [0, 0.05) is 30.1 Å². The van der Waals surface area contributed by atoms with Gasteiger partial charge in [-0.25, -0.2) is 10.4 Å². The molecule has 1 aromatic carbocycles. The van der Waals surface area contributed by atoms with Crippen LogP contribution in [0.2, 0.25) is 0 Å². The van der Waals surface area contributed by atoms with Gasteiger partial charge >= 0.3 is 0 Å². The molecule has 21 heavy (non-hydrogen) atoms. The van der Waals surface area contributed by atoms with Crippen molar-refractivity contribution in [3.8, 4) is 5.75 Å². The van der Waals surface area contributed by atoms with E-state index in [1.54, 1.807) is 0 Å². The van der Waals surface area contributed by atoms with Crippen LogP contribution in [0.3, 0.4) is 0 Å². The number of hydrogen-bond donors (Lipinski definition) is 2. The van der Waals surface area contributed by atoms with Crippen LogP contribution in [0.25, 0.3) is 0 Å². The van der Waals surface area contributed by atoms with Crippen molar-refractivity contribution < 1.29 is 14.8 Å². The van der Waals surface area contributed by atoms with Gasteiger partial charge in [-0.3, -0.25) is 19.9 Å². The zero-order chi connectivity index (χ0) is 15.2. The molecule has 0 unspecified atom stereocenters. The van der Waals surface area contributed by atoms with Crippen LogP contribution < -0.4 is 5.43 Å². The van der Waals surface area contributed by atoms with Crippen LogP contribution >= 0.6 is 0 Å². The molecular weight excluding hydrogens is 278 g/mol. The number of nitro benzene ring substituents is 1. The predicted molar refractivity (Wildman–Crippen MR) is 71.9 cm³/mol. The van der Waals surface area contributed by atoms with Crippen molar-refractivity contribution in [3.63, 3.8) is 0 Å². The molecule has 2 aromatic rings. The fraction of sp³-hybridized carbons (Fsp3) is 0. The number of carbonyl (C=O) groups excluding carboxylic acids is 1. The lowest BCUT2D eigenvalue weighted by atomic mass is 10.2. The number of aromatic nitrogens is 2. The van der Waals surface area contributed by atoms with Crippen LogP contribution in [0, 0.1) is 10.1 Å². The van der Waals surface area contributed by atoms with Gasteiger partial charge in [0.15, 0.2) is 0 Å². The molecule has 0 radical (unpaired) electrons. The molecule has 0 spiro atoms. The summed E-state index contributed by atoms with van der Waals surface area (Å²) in [5.74, 6) is -0.789. The Morgan fingerprint density at radius 3 is 2.90 bits per heavy atom.